The maximum atomic E-state index is 13.7. The number of urea groups is 1. The molecule has 5 rings (SSSR count). The highest BCUT2D eigenvalue weighted by Crippen LogP contribution is 2.45. The number of benzene rings is 1. The number of rotatable bonds is 8. The number of carbonyl (C=O) groups is 2. The van der Waals surface area contributed by atoms with Gasteiger partial charge in [0.2, 0.25) is 5.91 Å². The summed E-state index contributed by atoms with van der Waals surface area (Å²) in [6.07, 6.45) is 15.6. The first-order valence-corrected chi connectivity index (χ1v) is 15.1. The third kappa shape index (κ3) is 7.12. The SMILES string of the molecule is C1CCCCC1.C=CCN1C[C@H](C(=O)N(CCCN(C)C)C(=O)NCC)C[C@@H]2c3cccc4[nH]cc(c34)C[C@H]21. The molecule has 3 amide bonds. The summed E-state index contributed by atoms with van der Waals surface area (Å²) in [6.45, 7) is 9.02. The molecule has 1 saturated carbocycles. The number of carbonyl (C=O) groups excluding carboxylic acids is 2. The van der Waals surface area contributed by atoms with Gasteiger partial charge < -0.3 is 15.2 Å². The van der Waals surface area contributed by atoms with Crippen LogP contribution in [0.2, 0.25) is 0 Å². The molecule has 2 N–H and O–H groups in total. The van der Waals surface area contributed by atoms with Gasteiger partial charge in [0.25, 0.3) is 0 Å². The number of nitrogens with zero attached hydrogens (tertiary/aromatic N) is 3. The average Bonchev–Trinajstić information content (AvgIpc) is 3.36. The van der Waals surface area contributed by atoms with Crippen molar-refractivity contribution in [2.45, 2.75) is 76.7 Å². The predicted octanol–water partition coefficient (Wildman–Crippen LogP) is 5.53. The molecule has 7 heteroatoms. The molecule has 3 aliphatic rings. The summed E-state index contributed by atoms with van der Waals surface area (Å²) in [5.41, 5.74) is 3.84. The summed E-state index contributed by atoms with van der Waals surface area (Å²) in [6, 6.07) is 6.50. The number of H-pyrrole nitrogens is 1. The van der Waals surface area contributed by atoms with Crippen LogP contribution < -0.4 is 5.32 Å². The van der Waals surface area contributed by atoms with E-state index in [-0.39, 0.29) is 23.8 Å². The summed E-state index contributed by atoms with van der Waals surface area (Å²) < 4.78 is 0. The van der Waals surface area contributed by atoms with Crippen LogP contribution in [0.3, 0.4) is 0 Å². The fourth-order valence-electron chi connectivity index (χ4n) is 6.74. The number of hydrogen-bond acceptors (Lipinski definition) is 4. The van der Waals surface area contributed by atoms with E-state index in [4.69, 9.17) is 0 Å². The molecule has 39 heavy (non-hydrogen) atoms. The molecule has 3 atom stereocenters. The van der Waals surface area contributed by atoms with Crippen LogP contribution in [-0.4, -0.2) is 84.5 Å². The van der Waals surface area contributed by atoms with Gasteiger partial charge >= 0.3 is 6.03 Å². The van der Waals surface area contributed by atoms with Crippen LogP contribution in [-0.2, 0) is 11.2 Å². The van der Waals surface area contributed by atoms with Gasteiger partial charge in [-0.05, 0) is 64.0 Å². The molecule has 1 aromatic carbocycles. The lowest BCUT2D eigenvalue weighted by molar-refractivity contribution is -0.135. The van der Waals surface area contributed by atoms with Gasteiger partial charge in [-0.15, -0.1) is 6.58 Å². The summed E-state index contributed by atoms with van der Waals surface area (Å²) in [5, 5.41) is 4.16. The molecule has 2 aliphatic carbocycles. The van der Waals surface area contributed by atoms with Gasteiger partial charge in [-0.3, -0.25) is 14.6 Å². The minimum absolute atomic E-state index is 0.0562. The molecule has 0 unspecified atom stereocenters. The Labute approximate surface area is 235 Å². The number of imide groups is 1. The molecule has 7 nitrogen and oxygen atoms in total. The lowest BCUT2D eigenvalue weighted by atomic mass is 9.72. The summed E-state index contributed by atoms with van der Waals surface area (Å²) in [4.78, 5) is 35.9. The van der Waals surface area contributed by atoms with E-state index in [1.54, 1.807) is 0 Å². The second kappa shape index (κ2) is 14.1. The Morgan fingerprint density at radius 3 is 2.49 bits per heavy atom. The molecule has 1 saturated heterocycles. The maximum absolute atomic E-state index is 13.7. The van der Waals surface area contributed by atoms with Crippen molar-refractivity contribution in [3.63, 3.8) is 0 Å². The number of amides is 3. The Morgan fingerprint density at radius 1 is 1.13 bits per heavy atom. The standard InChI is InChI=1S/C26H37N5O2.C6H12/c1-5-11-30-17-19(25(32)31(26(33)27-6-2)13-8-12-29(3)4)14-21-20-9-7-10-22-24(20)18(16-28-22)15-23(21)30;1-2-4-6-5-3-1/h5,7,9-10,16,19,21,23,28H,1,6,8,11-15,17H2,2-4H3,(H,27,33);1-6H2/t19-,21-,23-;/m1./s1. The van der Waals surface area contributed by atoms with E-state index in [9.17, 15) is 9.59 Å². The van der Waals surface area contributed by atoms with Gasteiger partial charge in [-0.2, -0.15) is 0 Å². The molecular weight excluding hydrogens is 486 g/mol. The first-order chi connectivity index (χ1) is 18.9. The normalized spacial score (nSPS) is 22.5. The van der Waals surface area contributed by atoms with E-state index in [2.05, 4.69) is 51.1 Å². The Hall–Kier alpha value is -2.64. The highest BCUT2D eigenvalue weighted by Gasteiger charge is 2.43. The highest BCUT2D eigenvalue weighted by atomic mass is 16.2. The van der Waals surface area contributed by atoms with Gasteiger partial charge in [0.05, 0.1) is 5.92 Å². The zero-order valence-corrected chi connectivity index (χ0v) is 24.4. The molecule has 1 aromatic heterocycles. The topological polar surface area (TPSA) is 71.7 Å². The van der Waals surface area contributed by atoms with Gasteiger partial charge in [0.15, 0.2) is 0 Å². The van der Waals surface area contributed by atoms with Crippen LogP contribution in [0.4, 0.5) is 4.79 Å². The van der Waals surface area contributed by atoms with Gasteiger partial charge in [-0.25, -0.2) is 4.79 Å². The Kier molecular flexibility index (Phi) is 10.6. The second-order valence-electron chi connectivity index (χ2n) is 11.7. The Morgan fingerprint density at radius 2 is 1.85 bits per heavy atom. The minimum Gasteiger partial charge on any atom is -0.361 e. The molecule has 214 valence electrons. The van der Waals surface area contributed by atoms with E-state index < -0.39 is 0 Å². The van der Waals surface area contributed by atoms with Crippen molar-refractivity contribution < 1.29 is 9.59 Å². The maximum Gasteiger partial charge on any atom is 0.324 e. The molecule has 2 heterocycles. The van der Waals surface area contributed by atoms with Crippen LogP contribution in [0.15, 0.2) is 37.1 Å². The van der Waals surface area contributed by atoms with Gasteiger partial charge in [-0.1, -0.05) is 56.7 Å². The van der Waals surface area contributed by atoms with Crippen LogP contribution in [0.5, 0.6) is 0 Å². The van der Waals surface area contributed by atoms with E-state index in [0.29, 0.717) is 25.7 Å². The predicted molar refractivity (Wildman–Crippen MR) is 160 cm³/mol. The number of aromatic amines is 1. The zero-order valence-electron chi connectivity index (χ0n) is 24.4. The molecule has 0 radical (unpaired) electrons. The zero-order chi connectivity index (χ0) is 27.8. The van der Waals surface area contributed by atoms with Crippen molar-refractivity contribution >= 4 is 22.8 Å². The third-order valence-electron chi connectivity index (χ3n) is 8.61. The average molecular weight is 536 g/mol. The number of nitrogens with one attached hydrogen (secondary N) is 2. The number of likely N-dealkylation sites (tertiary alicyclic amines) is 1. The van der Waals surface area contributed by atoms with E-state index >= 15 is 0 Å². The van der Waals surface area contributed by atoms with Crippen LogP contribution in [0.25, 0.3) is 10.9 Å². The van der Waals surface area contributed by atoms with Gasteiger partial charge in [0, 0.05) is 55.2 Å². The smallest absolute Gasteiger partial charge is 0.324 e. The molecule has 2 fully saturated rings. The quantitative estimate of drug-likeness (QED) is 0.436. The first-order valence-electron chi connectivity index (χ1n) is 15.1. The Bertz CT molecular complexity index is 1090. The Balaban J connectivity index is 0.000000519. The van der Waals surface area contributed by atoms with Crippen molar-refractivity contribution in [1.82, 2.24) is 25.0 Å². The lowest BCUT2D eigenvalue weighted by Gasteiger charge is -2.47. The van der Waals surface area contributed by atoms with Crippen molar-refractivity contribution in [2.24, 2.45) is 5.92 Å². The largest absolute Gasteiger partial charge is 0.361 e. The molecule has 2 aromatic rings. The fourth-order valence-corrected chi connectivity index (χ4v) is 6.74. The van der Waals surface area contributed by atoms with E-state index in [1.165, 1.54) is 59.9 Å². The number of piperidine rings is 1. The van der Waals surface area contributed by atoms with Crippen molar-refractivity contribution in [1.29, 1.82) is 0 Å². The summed E-state index contributed by atoms with van der Waals surface area (Å²) >= 11 is 0. The summed E-state index contributed by atoms with van der Waals surface area (Å²) in [5.74, 6) is -0.0133. The number of hydrogen-bond donors (Lipinski definition) is 2. The van der Waals surface area contributed by atoms with Crippen LogP contribution in [0.1, 0.15) is 75.3 Å². The van der Waals surface area contributed by atoms with Crippen molar-refractivity contribution in [3.05, 3.63) is 48.2 Å². The van der Waals surface area contributed by atoms with Gasteiger partial charge in [0.1, 0.15) is 0 Å². The first kappa shape index (κ1) is 29.3. The monoisotopic (exact) mass is 535 g/mol. The third-order valence-corrected chi connectivity index (χ3v) is 8.61. The van der Waals surface area contributed by atoms with Crippen molar-refractivity contribution in [2.75, 3.05) is 46.8 Å². The van der Waals surface area contributed by atoms with Crippen LogP contribution >= 0.6 is 0 Å². The van der Waals surface area contributed by atoms with Crippen molar-refractivity contribution in [3.8, 4) is 0 Å². The molecular formula is C32H49N5O2. The molecule has 1 aliphatic heterocycles. The van der Waals surface area contributed by atoms with Crippen LogP contribution in [0, 0.1) is 5.92 Å². The van der Waals surface area contributed by atoms with E-state index in [0.717, 1.165) is 37.9 Å². The number of aromatic nitrogens is 1. The summed E-state index contributed by atoms with van der Waals surface area (Å²) in [7, 11) is 4.01. The molecule has 0 spiro atoms. The lowest BCUT2D eigenvalue weighted by Crippen LogP contribution is -2.55. The highest BCUT2D eigenvalue weighted by molar-refractivity contribution is 5.96. The van der Waals surface area contributed by atoms with E-state index in [1.807, 2.05) is 27.1 Å². The minimum atomic E-state index is -0.280. The second-order valence-corrected chi connectivity index (χ2v) is 11.7. The number of fused-ring (bicyclic) bond motifs is 2. The molecule has 0 bridgehead atoms. The fraction of sp³-hybridized carbons (Fsp3) is 0.625.